The van der Waals surface area contributed by atoms with Crippen LogP contribution in [0.1, 0.15) is 17.3 Å². The number of fused-ring (bicyclic) bond motifs is 11. The Morgan fingerprint density at radius 1 is 0.423 bits per heavy atom. The number of aromatic nitrogens is 2. The third-order valence-corrected chi connectivity index (χ3v) is 11.5. The smallest absolute Gasteiger partial charge is 0.124 e. The molecule has 10 aromatic rings. The lowest BCUT2D eigenvalue weighted by atomic mass is 9.94. The lowest BCUT2D eigenvalue weighted by Crippen LogP contribution is -2.20. The number of rotatable bonds is 3. The van der Waals surface area contributed by atoms with E-state index in [1.54, 1.807) is 0 Å². The van der Waals surface area contributed by atoms with E-state index >= 15 is 0 Å². The van der Waals surface area contributed by atoms with E-state index in [-0.39, 0.29) is 6.17 Å². The number of para-hydroxylation sites is 3. The van der Waals surface area contributed by atoms with Crippen LogP contribution in [0.25, 0.3) is 87.9 Å². The van der Waals surface area contributed by atoms with E-state index in [1.807, 2.05) is 0 Å². The maximum absolute atomic E-state index is 3.98. The van der Waals surface area contributed by atoms with Crippen LogP contribution in [0.4, 0.5) is 5.69 Å². The number of nitrogens with one attached hydrogen (secondary N) is 1. The van der Waals surface area contributed by atoms with Crippen molar-refractivity contribution in [2.24, 2.45) is 0 Å². The van der Waals surface area contributed by atoms with Gasteiger partial charge in [0.15, 0.2) is 0 Å². The summed E-state index contributed by atoms with van der Waals surface area (Å²) in [6.07, 6.45) is 2.37. The Bertz CT molecular complexity index is 3160. The summed E-state index contributed by atoms with van der Waals surface area (Å²) in [6.45, 7) is 0. The molecule has 1 N–H and O–H groups in total. The first-order chi connectivity index (χ1) is 25.8. The van der Waals surface area contributed by atoms with Crippen molar-refractivity contribution in [2.45, 2.75) is 6.17 Å². The van der Waals surface area contributed by atoms with Crippen LogP contribution >= 0.6 is 0 Å². The zero-order valence-corrected chi connectivity index (χ0v) is 28.2. The Balaban J connectivity index is 1.14. The first kappa shape index (κ1) is 27.9. The van der Waals surface area contributed by atoms with Crippen molar-refractivity contribution in [3.63, 3.8) is 0 Å². The van der Waals surface area contributed by atoms with Crippen molar-refractivity contribution < 1.29 is 0 Å². The van der Waals surface area contributed by atoms with E-state index in [4.69, 9.17) is 0 Å². The number of hydrogen-bond acceptors (Lipinski definition) is 1. The van der Waals surface area contributed by atoms with Crippen molar-refractivity contribution >= 4 is 65.6 Å². The summed E-state index contributed by atoms with van der Waals surface area (Å²) in [5.41, 5.74) is 16.3. The summed E-state index contributed by atoms with van der Waals surface area (Å²) >= 11 is 0. The lowest BCUT2D eigenvalue weighted by molar-refractivity contribution is 0.723. The van der Waals surface area contributed by atoms with Crippen LogP contribution < -0.4 is 5.32 Å². The number of anilines is 1. The first-order valence-electron chi connectivity index (χ1n) is 18.1. The molecule has 3 heteroatoms. The molecule has 12 rings (SSSR count). The highest BCUT2D eigenvalue weighted by molar-refractivity contribution is 6.24. The van der Waals surface area contributed by atoms with Gasteiger partial charge in [-0.3, -0.25) is 0 Å². The second-order valence-electron chi connectivity index (χ2n) is 14.1. The molecule has 1 aliphatic carbocycles. The van der Waals surface area contributed by atoms with Crippen LogP contribution in [0.3, 0.4) is 0 Å². The van der Waals surface area contributed by atoms with Crippen molar-refractivity contribution in [1.29, 1.82) is 0 Å². The Morgan fingerprint density at radius 2 is 1.10 bits per heavy atom. The van der Waals surface area contributed by atoms with Crippen molar-refractivity contribution in [1.82, 2.24) is 9.13 Å². The highest BCUT2D eigenvalue weighted by Crippen LogP contribution is 2.52. The van der Waals surface area contributed by atoms with E-state index < -0.39 is 0 Å². The van der Waals surface area contributed by atoms with Crippen LogP contribution in [-0.2, 0) is 0 Å². The van der Waals surface area contributed by atoms with Crippen molar-refractivity contribution in [2.75, 3.05) is 5.32 Å². The molecule has 8 aromatic carbocycles. The molecule has 3 nitrogen and oxygen atoms in total. The van der Waals surface area contributed by atoms with Gasteiger partial charge in [0.2, 0.25) is 0 Å². The molecule has 0 fully saturated rings. The second-order valence-corrected chi connectivity index (χ2v) is 14.1. The van der Waals surface area contributed by atoms with Gasteiger partial charge < -0.3 is 14.5 Å². The van der Waals surface area contributed by atoms with Crippen LogP contribution in [0.2, 0.25) is 0 Å². The minimum Gasteiger partial charge on any atom is -0.361 e. The molecule has 0 amide bonds. The fourth-order valence-electron chi connectivity index (χ4n) is 9.34. The van der Waals surface area contributed by atoms with E-state index in [2.05, 4.69) is 190 Å². The number of nitrogens with zero attached hydrogens (tertiary/aromatic N) is 2. The van der Waals surface area contributed by atoms with Gasteiger partial charge >= 0.3 is 0 Å². The summed E-state index contributed by atoms with van der Waals surface area (Å²) in [5.74, 6) is 0. The van der Waals surface area contributed by atoms with E-state index in [0.29, 0.717) is 0 Å². The molecule has 0 bridgehead atoms. The standard InChI is InChI=1S/C49H31N3/c1-2-13-31(14-3-1)51-43-23-10-8-18-35(43)40-27-30(25-26-45(40)51)39-28-46-49(37-19-7-6-17-34(37)39)38-20-9-11-24-44(38)52(46)47-29-41-33-16-5-4-15-32(33)36-21-12-22-42(50-47)48(36)41/h1-29,47,50H. The molecule has 2 aliphatic rings. The average molecular weight is 662 g/mol. The van der Waals surface area contributed by atoms with Gasteiger partial charge in [0.25, 0.3) is 0 Å². The fraction of sp³-hybridized carbons (Fsp3) is 0.0204. The van der Waals surface area contributed by atoms with Gasteiger partial charge in [-0.15, -0.1) is 0 Å². The monoisotopic (exact) mass is 661 g/mol. The predicted molar refractivity (Wildman–Crippen MR) is 218 cm³/mol. The Kier molecular flexibility index (Phi) is 5.56. The van der Waals surface area contributed by atoms with Gasteiger partial charge in [0, 0.05) is 38.5 Å². The predicted octanol–water partition coefficient (Wildman–Crippen LogP) is 12.7. The Hall–Kier alpha value is -6.84. The van der Waals surface area contributed by atoms with Crippen LogP contribution in [0.15, 0.2) is 176 Å². The molecule has 0 radical (unpaired) electrons. The number of hydrogen-bond donors (Lipinski definition) is 1. The SMILES string of the molecule is C1=C2c3ccccc3-c3cccc(c32)NC1n1c2ccccc2c2c3ccccc3c(-c3ccc4c(c3)c3ccccc3n4-c3ccccc3)cc21. The molecule has 242 valence electrons. The molecule has 0 spiro atoms. The average Bonchev–Trinajstić information content (AvgIpc) is 3.84. The molecular formula is C49H31N3. The van der Waals surface area contributed by atoms with E-state index in [0.717, 1.165) is 0 Å². The molecule has 1 atom stereocenters. The molecule has 3 heterocycles. The molecule has 2 aromatic heterocycles. The second kappa shape index (κ2) is 10.3. The van der Waals surface area contributed by atoms with Gasteiger partial charge in [-0.1, -0.05) is 121 Å². The molecule has 0 saturated carbocycles. The summed E-state index contributed by atoms with van der Waals surface area (Å²) in [7, 11) is 0. The molecule has 1 aliphatic heterocycles. The van der Waals surface area contributed by atoms with Gasteiger partial charge in [0.1, 0.15) is 6.17 Å². The summed E-state index contributed by atoms with van der Waals surface area (Å²) in [6, 6.07) is 62.4. The third-order valence-electron chi connectivity index (χ3n) is 11.5. The van der Waals surface area contributed by atoms with Gasteiger partial charge in [-0.05, 0) is 98.8 Å². The topological polar surface area (TPSA) is 21.9 Å². The lowest BCUT2D eigenvalue weighted by Gasteiger charge is -2.28. The molecule has 52 heavy (non-hydrogen) atoms. The highest BCUT2D eigenvalue weighted by atomic mass is 15.2. The quantitative estimate of drug-likeness (QED) is 0.200. The van der Waals surface area contributed by atoms with Crippen molar-refractivity contribution in [3.05, 3.63) is 187 Å². The highest BCUT2D eigenvalue weighted by Gasteiger charge is 2.32. The third kappa shape index (κ3) is 3.69. The zero-order chi connectivity index (χ0) is 33.9. The molecular weight excluding hydrogens is 631 g/mol. The van der Waals surface area contributed by atoms with E-state index in [9.17, 15) is 0 Å². The van der Waals surface area contributed by atoms with Crippen LogP contribution in [0, 0.1) is 0 Å². The summed E-state index contributed by atoms with van der Waals surface area (Å²) in [5, 5.41) is 11.6. The Morgan fingerprint density at radius 3 is 1.96 bits per heavy atom. The maximum atomic E-state index is 3.98. The Labute approximate surface area is 300 Å². The number of benzene rings is 8. The summed E-state index contributed by atoms with van der Waals surface area (Å²) in [4.78, 5) is 0. The van der Waals surface area contributed by atoms with Crippen molar-refractivity contribution in [3.8, 4) is 27.9 Å². The largest absolute Gasteiger partial charge is 0.361 e. The summed E-state index contributed by atoms with van der Waals surface area (Å²) < 4.78 is 4.92. The van der Waals surface area contributed by atoms with E-state index in [1.165, 1.54) is 105 Å². The maximum Gasteiger partial charge on any atom is 0.124 e. The fourth-order valence-corrected chi connectivity index (χ4v) is 9.34. The zero-order valence-electron chi connectivity index (χ0n) is 28.2. The van der Waals surface area contributed by atoms with Gasteiger partial charge in [0.05, 0.1) is 22.1 Å². The van der Waals surface area contributed by atoms with Crippen LogP contribution in [0.5, 0.6) is 0 Å². The van der Waals surface area contributed by atoms with Crippen LogP contribution in [-0.4, -0.2) is 9.13 Å². The molecule has 1 unspecified atom stereocenters. The normalized spacial score (nSPS) is 14.6. The first-order valence-corrected chi connectivity index (χ1v) is 18.1. The minimum atomic E-state index is -0.0772. The minimum absolute atomic E-state index is 0.0772. The van der Waals surface area contributed by atoms with Gasteiger partial charge in [-0.25, -0.2) is 0 Å². The van der Waals surface area contributed by atoms with Gasteiger partial charge in [-0.2, -0.15) is 0 Å². The molecule has 0 saturated heterocycles.